The van der Waals surface area contributed by atoms with Crippen LogP contribution in [0, 0.1) is 10.1 Å². The zero-order chi connectivity index (χ0) is 30.1. The summed E-state index contributed by atoms with van der Waals surface area (Å²) in [6.45, 7) is 1.21. The molecule has 0 aliphatic carbocycles. The lowest BCUT2D eigenvalue weighted by Crippen LogP contribution is -2.34. The molecule has 12 nitrogen and oxygen atoms in total. The first kappa shape index (κ1) is 27.4. The number of hydrogen-bond donors (Lipinski definition) is 4. The van der Waals surface area contributed by atoms with Crippen LogP contribution in [0.1, 0.15) is 41.5 Å². The lowest BCUT2D eigenvalue weighted by atomic mass is 9.99. The number of aromatic amines is 1. The molecule has 43 heavy (non-hydrogen) atoms. The number of carbonyl (C=O) groups excluding carboxylic acids is 3. The number of nitrogens with one attached hydrogen (secondary N) is 3. The zero-order valence-corrected chi connectivity index (χ0v) is 22.8. The van der Waals surface area contributed by atoms with Crippen molar-refractivity contribution in [3.8, 4) is 5.88 Å². The Balaban J connectivity index is 1.40. The van der Waals surface area contributed by atoms with Gasteiger partial charge in [-0.1, -0.05) is 36.4 Å². The molecular formula is C31H26N6O6. The van der Waals surface area contributed by atoms with Crippen molar-refractivity contribution in [3.05, 3.63) is 105 Å². The van der Waals surface area contributed by atoms with Crippen molar-refractivity contribution in [2.45, 2.75) is 25.8 Å². The number of amides is 4. The number of non-ortho nitro benzene ring substituents is 1. The third-order valence-corrected chi connectivity index (χ3v) is 7.40. The Morgan fingerprint density at radius 2 is 1.77 bits per heavy atom. The molecule has 6 rings (SSSR count). The second-order valence-corrected chi connectivity index (χ2v) is 10.3. The number of carbonyl (C=O) groups is 3. The summed E-state index contributed by atoms with van der Waals surface area (Å²) in [6.07, 6.45) is 3.97. The van der Waals surface area contributed by atoms with E-state index in [-0.39, 0.29) is 23.2 Å². The van der Waals surface area contributed by atoms with Crippen LogP contribution in [0.15, 0.2) is 77.4 Å². The molecule has 2 saturated heterocycles. The largest absolute Gasteiger partial charge is 0.494 e. The molecule has 216 valence electrons. The first-order valence-electron chi connectivity index (χ1n) is 13.6. The van der Waals surface area contributed by atoms with Gasteiger partial charge in [0.05, 0.1) is 21.9 Å². The van der Waals surface area contributed by atoms with E-state index in [4.69, 9.17) is 4.99 Å². The summed E-state index contributed by atoms with van der Waals surface area (Å²) < 4.78 is 0. The topological polar surface area (TPSA) is 170 Å². The molecule has 0 spiro atoms. The Kier molecular flexibility index (Phi) is 7.16. The summed E-state index contributed by atoms with van der Waals surface area (Å²) in [6, 6.07) is 18.1. The van der Waals surface area contributed by atoms with Crippen LogP contribution in [0.2, 0.25) is 0 Å². The van der Waals surface area contributed by atoms with Crippen molar-refractivity contribution in [2.75, 3.05) is 6.54 Å². The zero-order valence-electron chi connectivity index (χ0n) is 22.8. The van der Waals surface area contributed by atoms with E-state index < -0.39 is 16.9 Å². The maximum atomic E-state index is 12.3. The van der Waals surface area contributed by atoms with E-state index in [1.54, 1.807) is 24.3 Å². The molecular weight excluding hydrogens is 552 g/mol. The van der Waals surface area contributed by atoms with Crippen molar-refractivity contribution >= 4 is 51.9 Å². The number of aliphatic imine (C=N–C) groups is 1. The summed E-state index contributed by atoms with van der Waals surface area (Å²) >= 11 is 0. The SMILES string of the molecule is O=C1NC(=O)/C(=C/c2ccc(N=C(c3ccc(CN4CCCCC4=O)cc3)c3c(O)[nH]c4ccc([N+](=O)[O-])cc34)cc2)N1. The van der Waals surface area contributed by atoms with Gasteiger partial charge in [-0.15, -0.1) is 0 Å². The maximum Gasteiger partial charge on any atom is 0.326 e. The Hall–Kier alpha value is -5.78. The number of aromatic hydroxyl groups is 1. The van der Waals surface area contributed by atoms with Gasteiger partial charge in [0.2, 0.25) is 5.91 Å². The fraction of sp³-hybridized carbons (Fsp3) is 0.161. The summed E-state index contributed by atoms with van der Waals surface area (Å²) in [7, 11) is 0. The van der Waals surface area contributed by atoms with Gasteiger partial charge in [0.15, 0.2) is 5.88 Å². The molecule has 0 bridgehead atoms. The minimum atomic E-state index is -0.588. The molecule has 4 amide bonds. The monoisotopic (exact) mass is 578 g/mol. The van der Waals surface area contributed by atoms with Gasteiger partial charge in [-0.05, 0) is 48.2 Å². The first-order chi connectivity index (χ1) is 20.7. The van der Waals surface area contributed by atoms with Crippen LogP contribution in [0.3, 0.4) is 0 Å². The molecule has 2 fully saturated rings. The first-order valence-corrected chi connectivity index (χ1v) is 13.6. The molecule has 4 aromatic rings. The normalized spacial score (nSPS) is 16.6. The molecule has 2 aliphatic rings. The van der Waals surface area contributed by atoms with Crippen LogP contribution in [-0.4, -0.2) is 50.0 Å². The van der Waals surface area contributed by atoms with Gasteiger partial charge in [-0.25, -0.2) is 9.79 Å². The van der Waals surface area contributed by atoms with Crippen molar-refractivity contribution in [2.24, 2.45) is 4.99 Å². The number of nitro groups is 1. The van der Waals surface area contributed by atoms with Gasteiger partial charge in [0, 0.05) is 48.1 Å². The van der Waals surface area contributed by atoms with Crippen molar-refractivity contribution in [1.29, 1.82) is 0 Å². The fourth-order valence-corrected chi connectivity index (χ4v) is 5.22. The van der Waals surface area contributed by atoms with Crippen LogP contribution < -0.4 is 10.6 Å². The average molecular weight is 579 g/mol. The predicted molar refractivity (Wildman–Crippen MR) is 159 cm³/mol. The summed E-state index contributed by atoms with van der Waals surface area (Å²) in [5, 5.41) is 27.5. The number of piperidine rings is 1. The molecule has 0 unspecified atom stereocenters. The van der Waals surface area contributed by atoms with Crippen LogP contribution in [0.5, 0.6) is 5.88 Å². The van der Waals surface area contributed by atoms with E-state index >= 15 is 0 Å². The lowest BCUT2D eigenvalue weighted by molar-refractivity contribution is -0.384. The minimum absolute atomic E-state index is 0.124. The summed E-state index contributed by atoms with van der Waals surface area (Å²) in [5.74, 6) is -0.578. The predicted octanol–water partition coefficient (Wildman–Crippen LogP) is 4.64. The van der Waals surface area contributed by atoms with E-state index in [0.29, 0.717) is 52.0 Å². The Morgan fingerprint density at radius 1 is 1.00 bits per heavy atom. The Morgan fingerprint density at radius 3 is 2.44 bits per heavy atom. The third kappa shape index (κ3) is 5.71. The number of urea groups is 1. The highest BCUT2D eigenvalue weighted by Gasteiger charge is 2.24. The number of benzene rings is 3. The van der Waals surface area contributed by atoms with E-state index in [0.717, 1.165) is 24.9 Å². The molecule has 0 atom stereocenters. The average Bonchev–Trinajstić information content (AvgIpc) is 3.49. The van der Waals surface area contributed by atoms with Gasteiger partial charge in [-0.2, -0.15) is 0 Å². The number of nitro benzene ring substituents is 1. The van der Waals surface area contributed by atoms with Crippen LogP contribution in [0.4, 0.5) is 16.2 Å². The smallest absolute Gasteiger partial charge is 0.326 e. The van der Waals surface area contributed by atoms with E-state index in [1.165, 1.54) is 24.3 Å². The van der Waals surface area contributed by atoms with Crippen LogP contribution in [-0.2, 0) is 16.1 Å². The summed E-state index contributed by atoms with van der Waals surface area (Å²) in [5.41, 5.74) is 3.92. The number of fused-ring (bicyclic) bond motifs is 1. The standard InChI is InChI=1S/C31H26N6O6/c38-26-3-1-2-14-36(26)17-19-4-8-20(9-5-19)28(27-23-16-22(37(42)43)12-13-24(23)33-30(27)40)32-21-10-6-18(7-11-21)15-25-29(39)35-31(41)34-25/h4-13,15-16,33,40H,1-3,14,17H2,(H2,34,35,39,41)/b25-15-,32-28?. The highest BCUT2D eigenvalue weighted by atomic mass is 16.6. The van der Waals surface area contributed by atoms with E-state index in [1.807, 2.05) is 29.2 Å². The molecule has 1 aromatic heterocycles. The number of imide groups is 1. The quantitative estimate of drug-likeness (QED) is 0.0818. The van der Waals surface area contributed by atoms with Crippen LogP contribution >= 0.6 is 0 Å². The second-order valence-electron chi connectivity index (χ2n) is 10.3. The van der Waals surface area contributed by atoms with E-state index in [9.17, 15) is 29.6 Å². The highest BCUT2D eigenvalue weighted by molar-refractivity contribution is 6.22. The van der Waals surface area contributed by atoms with Gasteiger partial charge in [-0.3, -0.25) is 25.0 Å². The van der Waals surface area contributed by atoms with E-state index in [2.05, 4.69) is 15.6 Å². The minimum Gasteiger partial charge on any atom is -0.494 e. The molecule has 3 aromatic carbocycles. The number of H-pyrrole nitrogens is 1. The Labute approximate surface area is 244 Å². The molecule has 4 N–H and O–H groups in total. The number of aromatic nitrogens is 1. The molecule has 0 radical (unpaired) electrons. The van der Waals surface area contributed by atoms with Gasteiger partial charge in [0.1, 0.15) is 5.70 Å². The molecule has 0 saturated carbocycles. The lowest BCUT2D eigenvalue weighted by Gasteiger charge is -2.26. The fourth-order valence-electron chi connectivity index (χ4n) is 5.22. The van der Waals surface area contributed by atoms with Gasteiger partial charge < -0.3 is 20.3 Å². The molecule has 3 heterocycles. The highest BCUT2D eigenvalue weighted by Crippen LogP contribution is 2.34. The van der Waals surface area contributed by atoms with Crippen molar-refractivity contribution < 1.29 is 24.4 Å². The Bertz CT molecular complexity index is 1840. The van der Waals surface area contributed by atoms with Crippen molar-refractivity contribution in [3.63, 3.8) is 0 Å². The number of likely N-dealkylation sites (tertiary alicyclic amines) is 1. The third-order valence-electron chi connectivity index (χ3n) is 7.40. The number of rotatable bonds is 7. The molecule has 2 aliphatic heterocycles. The number of hydrogen-bond acceptors (Lipinski definition) is 7. The van der Waals surface area contributed by atoms with Crippen molar-refractivity contribution in [1.82, 2.24) is 20.5 Å². The second kappa shape index (κ2) is 11.2. The maximum absolute atomic E-state index is 12.3. The van der Waals surface area contributed by atoms with Crippen LogP contribution in [0.25, 0.3) is 17.0 Å². The molecule has 12 heteroatoms. The van der Waals surface area contributed by atoms with Gasteiger partial charge >= 0.3 is 6.03 Å². The summed E-state index contributed by atoms with van der Waals surface area (Å²) in [4.78, 5) is 56.2. The van der Waals surface area contributed by atoms with Gasteiger partial charge in [0.25, 0.3) is 11.6 Å². The number of nitrogens with zero attached hydrogens (tertiary/aromatic N) is 3.